The predicted octanol–water partition coefficient (Wildman–Crippen LogP) is 5.19. The highest BCUT2D eigenvalue weighted by Gasteiger charge is 2.58. The maximum absolute atomic E-state index is 13.1. The van der Waals surface area contributed by atoms with Crippen LogP contribution in [-0.2, 0) is 0 Å². The molecule has 0 spiro atoms. The Morgan fingerprint density at radius 1 is 0.867 bits per heavy atom. The molecule has 6 bridgehead atoms. The third-order valence-electron chi connectivity index (χ3n) is 9.38. The SMILES string of the molecule is O=c1c(Cl)nc2ccccc2n1C1C[C@H]2CC[C@@H](C1)N2C12CC3CC(CC(C3)C1)C2. The fourth-order valence-electron chi connectivity index (χ4n) is 9.00. The average Bonchev–Trinajstić information content (AvgIpc) is 3.00. The predicted molar refractivity (Wildman–Crippen MR) is 119 cm³/mol. The molecule has 4 saturated carbocycles. The van der Waals surface area contributed by atoms with Gasteiger partial charge in [0.2, 0.25) is 0 Å². The first-order valence-electron chi connectivity index (χ1n) is 12.0. The first-order valence-corrected chi connectivity index (χ1v) is 12.4. The fourth-order valence-corrected chi connectivity index (χ4v) is 9.18. The molecule has 30 heavy (non-hydrogen) atoms. The molecule has 3 heterocycles. The summed E-state index contributed by atoms with van der Waals surface area (Å²) >= 11 is 6.29. The van der Waals surface area contributed by atoms with Crippen LogP contribution in [0.5, 0.6) is 0 Å². The fraction of sp³-hybridized carbons (Fsp3) is 0.680. The Bertz CT molecular complexity index is 1030. The molecule has 1 aromatic carbocycles. The summed E-state index contributed by atoms with van der Waals surface area (Å²) in [4.78, 5) is 20.4. The van der Waals surface area contributed by atoms with Crippen molar-refractivity contribution in [3.63, 3.8) is 0 Å². The molecule has 1 unspecified atom stereocenters. The molecule has 0 radical (unpaired) electrons. The molecule has 2 aromatic rings. The minimum atomic E-state index is -0.108. The van der Waals surface area contributed by atoms with E-state index in [1.165, 1.54) is 51.4 Å². The third-order valence-corrected chi connectivity index (χ3v) is 9.63. The van der Waals surface area contributed by atoms with Crippen LogP contribution in [-0.4, -0.2) is 32.1 Å². The van der Waals surface area contributed by atoms with Crippen molar-refractivity contribution in [2.24, 2.45) is 17.8 Å². The number of aromatic nitrogens is 2. The molecule has 2 aliphatic heterocycles. The van der Waals surface area contributed by atoms with Crippen LogP contribution in [0.15, 0.2) is 29.1 Å². The van der Waals surface area contributed by atoms with Crippen molar-refractivity contribution in [2.45, 2.75) is 87.9 Å². The van der Waals surface area contributed by atoms with Crippen molar-refractivity contribution < 1.29 is 0 Å². The van der Waals surface area contributed by atoms with E-state index < -0.39 is 0 Å². The van der Waals surface area contributed by atoms with Gasteiger partial charge in [-0.3, -0.25) is 9.69 Å². The number of piperidine rings is 1. The highest BCUT2D eigenvalue weighted by Crippen LogP contribution is 2.61. The molecule has 1 aromatic heterocycles. The van der Waals surface area contributed by atoms with Crippen molar-refractivity contribution >= 4 is 22.6 Å². The monoisotopic (exact) mass is 423 g/mol. The zero-order valence-corrected chi connectivity index (χ0v) is 18.2. The van der Waals surface area contributed by atoms with Gasteiger partial charge in [0, 0.05) is 23.7 Å². The summed E-state index contributed by atoms with van der Waals surface area (Å²) in [7, 11) is 0. The lowest BCUT2D eigenvalue weighted by Crippen LogP contribution is -2.64. The maximum Gasteiger partial charge on any atom is 0.288 e. The van der Waals surface area contributed by atoms with Crippen LogP contribution in [0.3, 0.4) is 0 Å². The van der Waals surface area contributed by atoms with Crippen molar-refractivity contribution in [3.8, 4) is 0 Å². The van der Waals surface area contributed by atoms with Crippen molar-refractivity contribution in [2.75, 3.05) is 0 Å². The van der Waals surface area contributed by atoms with Gasteiger partial charge in [-0.2, -0.15) is 0 Å². The molecule has 2 saturated heterocycles. The van der Waals surface area contributed by atoms with Crippen molar-refractivity contribution in [1.82, 2.24) is 14.5 Å². The maximum atomic E-state index is 13.1. The van der Waals surface area contributed by atoms with E-state index in [0.717, 1.165) is 41.6 Å². The molecule has 3 atom stereocenters. The Labute approximate surface area is 182 Å². The number of nitrogens with zero attached hydrogens (tertiary/aromatic N) is 3. The molecule has 6 aliphatic rings. The second kappa shape index (κ2) is 6.32. The summed E-state index contributed by atoms with van der Waals surface area (Å²) in [6.07, 6.45) is 13.6. The second-order valence-electron chi connectivity index (χ2n) is 11.1. The first-order chi connectivity index (χ1) is 14.6. The normalized spacial score (nSPS) is 42.3. The van der Waals surface area contributed by atoms with Crippen LogP contribution in [0.4, 0.5) is 0 Å². The van der Waals surface area contributed by atoms with E-state index in [4.69, 9.17) is 11.6 Å². The number of hydrogen-bond acceptors (Lipinski definition) is 3. The standard InChI is InChI=1S/C25H30ClN3O/c26-23-24(30)28(22-4-2-1-3-21(22)27-23)20-10-18-5-6-19(11-20)29(18)25-12-15-7-16(13-25)9-17(8-15)14-25/h1-4,15-20H,5-14H2/t15?,16?,17?,18-,19+,20?,25?. The van der Waals surface area contributed by atoms with E-state index in [0.29, 0.717) is 17.6 Å². The summed E-state index contributed by atoms with van der Waals surface area (Å²) in [5.41, 5.74) is 2.15. The Balaban J connectivity index is 1.25. The van der Waals surface area contributed by atoms with Crippen molar-refractivity contribution in [3.05, 3.63) is 39.8 Å². The van der Waals surface area contributed by atoms with Gasteiger partial charge in [0.25, 0.3) is 5.56 Å². The quantitative estimate of drug-likeness (QED) is 0.667. The average molecular weight is 424 g/mol. The van der Waals surface area contributed by atoms with E-state index in [9.17, 15) is 4.79 Å². The summed E-state index contributed by atoms with van der Waals surface area (Å²) < 4.78 is 1.99. The molecule has 6 fully saturated rings. The van der Waals surface area contributed by atoms with Gasteiger partial charge in [-0.1, -0.05) is 23.7 Å². The zero-order chi connectivity index (χ0) is 20.0. The van der Waals surface area contributed by atoms with Gasteiger partial charge < -0.3 is 4.57 Å². The zero-order valence-electron chi connectivity index (χ0n) is 17.5. The van der Waals surface area contributed by atoms with Crippen LogP contribution in [0.25, 0.3) is 11.0 Å². The van der Waals surface area contributed by atoms with E-state index in [2.05, 4.69) is 9.88 Å². The summed E-state index contributed by atoms with van der Waals surface area (Å²) in [5, 5.41) is 0.115. The van der Waals surface area contributed by atoms with Gasteiger partial charge >= 0.3 is 0 Å². The lowest BCUT2D eigenvalue weighted by Gasteiger charge is -2.63. The lowest BCUT2D eigenvalue weighted by atomic mass is 9.52. The topological polar surface area (TPSA) is 38.1 Å². The number of benzene rings is 1. The summed E-state index contributed by atoms with van der Waals surface area (Å²) in [5.74, 6) is 2.96. The van der Waals surface area contributed by atoms with Crippen LogP contribution in [0.1, 0.15) is 70.3 Å². The van der Waals surface area contributed by atoms with Crippen molar-refractivity contribution in [1.29, 1.82) is 0 Å². The van der Waals surface area contributed by atoms with Gasteiger partial charge in [-0.05, 0) is 94.1 Å². The first kappa shape index (κ1) is 18.2. The number of rotatable bonds is 2. The molecule has 0 N–H and O–H groups in total. The Morgan fingerprint density at radius 3 is 2.10 bits per heavy atom. The van der Waals surface area contributed by atoms with E-state index in [1.807, 2.05) is 28.8 Å². The Kier molecular flexibility index (Phi) is 3.84. The number of hydrogen-bond donors (Lipinski definition) is 0. The lowest BCUT2D eigenvalue weighted by molar-refractivity contribution is -0.121. The van der Waals surface area contributed by atoms with Crippen LogP contribution in [0, 0.1) is 17.8 Å². The number of fused-ring (bicyclic) bond motifs is 3. The van der Waals surface area contributed by atoms with Crippen LogP contribution >= 0.6 is 11.6 Å². The summed E-state index contributed by atoms with van der Waals surface area (Å²) in [6, 6.07) is 9.48. The molecular weight excluding hydrogens is 394 g/mol. The minimum Gasteiger partial charge on any atom is -0.301 e. The highest BCUT2D eigenvalue weighted by molar-refractivity contribution is 6.29. The Morgan fingerprint density at radius 2 is 1.47 bits per heavy atom. The summed E-state index contributed by atoms with van der Waals surface area (Å²) in [6.45, 7) is 0. The van der Waals surface area contributed by atoms with Gasteiger partial charge in [-0.15, -0.1) is 0 Å². The van der Waals surface area contributed by atoms with E-state index >= 15 is 0 Å². The third kappa shape index (κ3) is 2.50. The molecule has 158 valence electrons. The van der Waals surface area contributed by atoms with Gasteiger partial charge in [0.1, 0.15) is 0 Å². The van der Waals surface area contributed by atoms with Gasteiger partial charge in [0.15, 0.2) is 5.15 Å². The van der Waals surface area contributed by atoms with Crippen LogP contribution < -0.4 is 5.56 Å². The minimum absolute atomic E-state index is 0.108. The Hall–Kier alpha value is -1.39. The molecule has 8 rings (SSSR count). The smallest absolute Gasteiger partial charge is 0.288 e. The molecule has 0 amide bonds. The largest absolute Gasteiger partial charge is 0.301 e. The number of para-hydroxylation sites is 2. The molecule has 4 aliphatic carbocycles. The number of halogens is 1. The van der Waals surface area contributed by atoms with E-state index in [1.54, 1.807) is 0 Å². The second-order valence-corrected chi connectivity index (χ2v) is 11.5. The van der Waals surface area contributed by atoms with E-state index in [-0.39, 0.29) is 16.8 Å². The van der Waals surface area contributed by atoms with Gasteiger partial charge in [-0.25, -0.2) is 4.98 Å². The molecule has 4 nitrogen and oxygen atoms in total. The molecular formula is C25H30ClN3O. The molecule has 5 heteroatoms. The van der Waals surface area contributed by atoms with Crippen LogP contribution in [0.2, 0.25) is 5.15 Å². The van der Waals surface area contributed by atoms with Gasteiger partial charge in [0.05, 0.1) is 11.0 Å². The highest BCUT2D eigenvalue weighted by atomic mass is 35.5.